The Morgan fingerprint density at radius 2 is 2.10 bits per heavy atom. The zero-order valence-electron chi connectivity index (χ0n) is 12.0. The number of rotatable bonds is 3. The van der Waals surface area contributed by atoms with E-state index >= 15 is 0 Å². The van der Waals surface area contributed by atoms with Crippen LogP contribution in [0.2, 0.25) is 5.02 Å². The molecule has 0 aromatic heterocycles. The molecule has 2 aliphatic heterocycles. The van der Waals surface area contributed by atoms with Gasteiger partial charge in [-0.05, 0) is 37.0 Å². The molecule has 0 bridgehead atoms. The molecular formula is C16H20ClNO3. The van der Waals surface area contributed by atoms with Crippen LogP contribution in [0, 0.1) is 0 Å². The van der Waals surface area contributed by atoms with E-state index in [9.17, 15) is 4.79 Å². The quantitative estimate of drug-likeness (QED) is 0.861. The highest BCUT2D eigenvalue weighted by molar-refractivity contribution is 6.30. The van der Waals surface area contributed by atoms with Gasteiger partial charge in [-0.3, -0.25) is 4.79 Å². The lowest BCUT2D eigenvalue weighted by Crippen LogP contribution is -2.36. The smallest absolute Gasteiger partial charge is 0.228 e. The number of carbonyl (C=O) groups is 1. The number of halogens is 1. The van der Waals surface area contributed by atoms with Crippen molar-refractivity contribution in [1.29, 1.82) is 0 Å². The Morgan fingerprint density at radius 3 is 2.86 bits per heavy atom. The Hall–Kier alpha value is -1.10. The molecule has 1 atom stereocenters. The second-order valence-corrected chi connectivity index (χ2v) is 5.97. The number of ether oxygens (including phenoxy) is 2. The lowest BCUT2D eigenvalue weighted by Gasteiger charge is -2.28. The first kappa shape index (κ1) is 14.8. The van der Waals surface area contributed by atoms with Gasteiger partial charge in [-0.15, -0.1) is 0 Å². The van der Waals surface area contributed by atoms with Gasteiger partial charge in [0.2, 0.25) is 5.91 Å². The summed E-state index contributed by atoms with van der Waals surface area (Å²) in [5.74, 6) is 0.101. The van der Waals surface area contributed by atoms with Gasteiger partial charge in [-0.1, -0.05) is 23.7 Å². The van der Waals surface area contributed by atoms with E-state index in [1.54, 1.807) is 0 Å². The van der Waals surface area contributed by atoms with E-state index in [4.69, 9.17) is 21.1 Å². The summed E-state index contributed by atoms with van der Waals surface area (Å²) >= 11 is 6.06. The normalized spacial score (nSPS) is 23.5. The van der Waals surface area contributed by atoms with Crippen molar-refractivity contribution >= 4 is 17.5 Å². The predicted molar refractivity (Wildman–Crippen MR) is 80.1 cm³/mol. The van der Waals surface area contributed by atoms with Crippen molar-refractivity contribution in [3.63, 3.8) is 0 Å². The Kier molecular flexibility index (Phi) is 4.78. The molecule has 1 aromatic carbocycles. The topological polar surface area (TPSA) is 38.8 Å². The lowest BCUT2D eigenvalue weighted by molar-refractivity contribution is -0.187. The molecule has 2 aliphatic rings. The summed E-state index contributed by atoms with van der Waals surface area (Å²) in [6.45, 7) is 2.15. The van der Waals surface area contributed by atoms with Gasteiger partial charge < -0.3 is 14.4 Å². The highest BCUT2D eigenvalue weighted by atomic mass is 35.5. The number of nitrogens with zero attached hydrogens (tertiary/aromatic N) is 1. The summed E-state index contributed by atoms with van der Waals surface area (Å²) in [4.78, 5) is 14.5. The summed E-state index contributed by atoms with van der Waals surface area (Å²) in [5.41, 5.74) is 1.11. The van der Waals surface area contributed by atoms with Crippen LogP contribution in [0.5, 0.6) is 0 Å². The Morgan fingerprint density at radius 1 is 1.29 bits per heavy atom. The van der Waals surface area contributed by atoms with Gasteiger partial charge in [-0.25, -0.2) is 0 Å². The van der Waals surface area contributed by atoms with Gasteiger partial charge in [0.15, 0.2) is 6.29 Å². The fourth-order valence-corrected chi connectivity index (χ4v) is 3.24. The fraction of sp³-hybridized carbons (Fsp3) is 0.562. The summed E-state index contributed by atoms with van der Waals surface area (Å²) in [7, 11) is 0. The van der Waals surface area contributed by atoms with Crippen LogP contribution in [0.4, 0.5) is 0 Å². The highest BCUT2D eigenvalue weighted by Gasteiger charge is 2.31. The fourth-order valence-electron chi connectivity index (χ4n) is 3.04. The molecule has 0 N–H and O–H groups in total. The van der Waals surface area contributed by atoms with Crippen LogP contribution in [0.25, 0.3) is 0 Å². The number of benzene rings is 1. The zero-order valence-corrected chi connectivity index (χ0v) is 12.7. The maximum absolute atomic E-state index is 12.5. The largest absolute Gasteiger partial charge is 0.352 e. The van der Waals surface area contributed by atoms with Crippen LogP contribution in [0.3, 0.4) is 0 Å². The molecule has 114 valence electrons. The summed E-state index contributed by atoms with van der Waals surface area (Å²) in [6, 6.07) is 7.91. The second kappa shape index (κ2) is 6.77. The molecule has 2 fully saturated rings. The van der Waals surface area contributed by atoms with Crippen molar-refractivity contribution in [1.82, 2.24) is 4.90 Å². The molecule has 0 radical (unpaired) electrons. The maximum Gasteiger partial charge on any atom is 0.228 e. The molecule has 1 aromatic rings. The van der Waals surface area contributed by atoms with Gasteiger partial charge in [-0.2, -0.15) is 0 Å². The number of hydrogen-bond donors (Lipinski definition) is 0. The van der Waals surface area contributed by atoms with E-state index < -0.39 is 0 Å². The first-order valence-corrected chi connectivity index (χ1v) is 7.90. The van der Waals surface area contributed by atoms with Crippen molar-refractivity contribution < 1.29 is 14.3 Å². The van der Waals surface area contributed by atoms with Gasteiger partial charge in [0.25, 0.3) is 0 Å². The van der Waals surface area contributed by atoms with E-state index in [2.05, 4.69) is 0 Å². The van der Waals surface area contributed by atoms with Crippen LogP contribution >= 0.6 is 11.6 Å². The van der Waals surface area contributed by atoms with Gasteiger partial charge in [0.05, 0.1) is 25.7 Å². The molecule has 1 unspecified atom stereocenters. The van der Waals surface area contributed by atoms with E-state index in [1.165, 1.54) is 0 Å². The van der Waals surface area contributed by atoms with E-state index in [0.717, 1.165) is 31.4 Å². The number of likely N-dealkylation sites (tertiary alicyclic amines) is 1. The Balaban J connectivity index is 1.67. The predicted octanol–water partition coefficient (Wildman–Crippen LogP) is 3.16. The molecule has 0 saturated carbocycles. The average molecular weight is 310 g/mol. The summed E-state index contributed by atoms with van der Waals surface area (Å²) < 4.78 is 11.0. The van der Waals surface area contributed by atoms with E-state index in [1.807, 2.05) is 29.2 Å². The third-order valence-electron chi connectivity index (χ3n) is 4.04. The molecule has 3 rings (SSSR count). The minimum atomic E-state index is -0.383. The van der Waals surface area contributed by atoms with Crippen molar-refractivity contribution in [2.24, 2.45) is 0 Å². The van der Waals surface area contributed by atoms with Crippen LogP contribution < -0.4 is 0 Å². The van der Waals surface area contributed by atoms with Gasteiger partial charge >= 0.3 is 0 Å². The SMILES string of the molecule is O=C(CC1OCCCO1)N1CCCC1c1cccc(Cl)c1. The third kappa shape index (κ3) is 3.57. The zero-order chi connectivity index (χ0) is 14.7. The Labute approximate surface area is 130 Å². The summed E-state index contributed by atoms with van der Waals surface area (Å²) in [5, 5.41) is 0.714. The second-order valence-electron chi connectivity index (χ2n) is 5.53. The highest BCUT2D eigenvalue weighted by Crippen LogP contribution is 2.33. The molecule has 21 heavy (non-hydrogen) atoms. The molecule has 1 amide bonds. The van der Waals surface area contributed by atoms with Crippen molar-refractivity contribution in [2.45, 2.75) is 38.0 Å². The third-order valence-corrected chi connectivity index (χ3v) is 4.28. The van der Waals surface area contributed by atoms with Crippen molar-refractivity contribution in [2.75, 3.05) is 19.8 Å². The minimum absolute atomic E-state index is 0.101. The minimum Gasteiger partial charge on any atom is -0.352 e. The first-order valence-electron chi connectivity index (χ1n) is 7.52. The lowest BCUT2D eigenvalue weighted by atomic mass is 10.0. The van der Waals surface area contributed by atoms with Crippen molar-refractivity contribution in [3.05, 3.63) is 34.9 Å². The number of carbonyl (C=O) groups excluding carboxylic acids is 1. The molecule has 4 nitrogen and oxygen atoms in total. The van der Waals surface area contributed by atoms with E-state index in [0.29, 0.717) is 24.7 Å². The van der Waals surface area contributed by atoms with Gasteiger partial charge in [0, 0.05) is 11.6 Å². The van der Waals surface area contributed by atoms with E-state index in [-0.39, 0.29) is 18.2 Å². The van der Waals surface area contributed by atoms with Crippen LogP contribution in [0.1, 0.15) is 37.3 Å². The summed E-state index contributed by atoms with van der Waals surface area (Å²) in [6.07, 6.45) is 2.83. The van der Waals surface area contributed by atoms with Crippen LogP contribution in [-0.2, 0) is 14.3 Å². The van der Waals surface area contributed by atoms with Crippen LogP contribution in [-0.4, -0.2) is 36.9 Å². The molecule has 2 heterocycles. The number of amides is 1. The standard InChI is InChI=1S/C16H20ClNO3/c17-13-5-1-4-12(10-13)14-6-2-7-18(14)15(19)11-16-20-8-3-9-21-16/h1,4-5,10,14,16H,2-3,6-9,11H2. The molecular weight excluding hydrogens is 290 g/mol. The van der Waals surface area contributed by atoms with Gasteiger partial charge in [0.1, 0.15) is 0 Å². The molecule has 0 aliphatic carbocycles. The average Bonchev–Trinajstić information content (AvgIpc) is 2.98. The molecule has 0 spiro atoms. The number of hydrogen-bond acceptors (Lipinski definition) is 3. The van der Waals surface area contributed by atoms with Crippen LogP contribution in [0.15, 0.2) is 24.3 Å². The monoisotopic (exact) mass is 309 g/mol. The maximum atomic E-state index is 12.5. The Bertz CT molecular complexity index is 502. The van der Waals surface area contributed by atoms with Crippen molar-refractivity contribution in [3.8, 4) is 0 Å². The molecule has 5 heteroatoms. The molecule has 2 saturated heterocycles. The first-order chi connectivity index (χ1) is 10.2.